The van der Waals surface area contributed by atoms with E-state index in [1.807, 2.05) is 5.32 Å². The van der Waals surface area contributed by atoms with Crippen LogP contribution in [0.1, 0.15) is 6.92 Å². The first kappa shape index (κ1) is 9.79. The number of carbonyl (C=O) groups excluding carboxylic acids is 1. The molecule has 0 aromatic rings. The Bertz CT molecular complexity index is 229. The average Bonchev–Trinajstić information content (AvgIpc) is 2.31. The van der Waals surface area contributed by atoms with Crippen molar-refractivity contribution < 1.29 is 24.5 Å². The molecule has 1 aliphatic rings. The molecular weight excluding hydrogens is 178 g/mol. The Morgan fingerprint density at radius 1 is 1.69 bits per heavy atom. The lowest BCUT2D eigenvalue weighted by Crippen LogP contribution is -2.41. The number of carboxylic acid groups (broad SMARTS) is 1. The van der Waals surface area contributed by atoms with Gasteiger partial charge in [0.1, 0.15) is 12.1 Å². The number of esters is 1. The minimum Gasteiger partial charge on any atom is -0.465 e. The molecule has 0 bridgehead atoms. The number of nitrogens with one attached hydrogen (secondary N) is 1. The van der Waals surface area contributed by atoms with Crippen molar-refractivity contribution in [2.45, 2.75) is 19.1 Å². The van der Waals surface area contributed by atoms with E-state index in [1.54, 1.807) is 6.92 Å². The van der Waals surface area contributed by atoms with Crippen LogP contribution in [0.2, 0.25) is 0 Å². The van der Waals surface area contributed by atoms with Crippen molar-refractivity contribution in [3.8, 4) is 0 Å². The summed E-state index contributed by atoms with van der Waals surface area (Å²) >= 11 is 0. The molecule has 0 radical (unpaired) electrons. The predicted molar refractivity (Wildman–Crippen MR) is 41.1 cm³/mol. The van der Waals surface area contributed by atoms with E-state index < -0.39 is 24.2 Å². The van der Waals surface area contributed by atoms with Crippen LogP contribution in [0.25, 0.3) is 0 Å². The van der Waals surface area contributed by atoms with E-state index >= 15 is 0 Å². The Balaban J connectivity index is 2.64. The van der Waals surface area contributed by atoms with Gasteiger partial charge >= 0.3 is 12.1 Å². The number of carbonyl (C=O) groups is 2. The molecule has 1 rings (SSSR count). The van der Waals surface area contributed by atoms with Gasteiger partial charge in [0, 0.05) is 5.92 Å². The molecular formula is C7H11NO5. The quantitative estimate of drug-likeness (QED) is 0.493. The first-order valence-electron chi connectivity index (χ1n) is 3.87. The van der Waals surface area contributed by atoms with Crippen LogP contribution in [0, 0.1) is 5.92 Å². The zero-order valence-corrected chi connectivity index (χ0v) is 7.06. The second-order valence-electron chi connectivity index (χ2n) is 2.94. The van der Waals surface area contributed by atoms with Gasteiger partial charge in [-0.2, -0.15) is 0 Å². The molecule has 0 saturated carbocycles. The van der Waals surface area contributed by atoms with Gasteiger partial charge in [0.2, 0.25) is 0 Å². The first-order valence-corrected chi connectivity index (χ1v) is 3.87. The number of ether oxygens (including phenoxy) is 1. The minimum absolute atomic E-state index is 0.287. The summed E-state index contributed by atoms with van der Waals surface area (Å²) in [6.07, 6.45) is -1.88. The maximum Gasteiger partial charge on any atom is 0.405 e. The molecule has 1 aliphatic heterocycles. The van der Waals surface area contributed by atoms with Crippen LogP contribution in [-0.2, 0) is 9.53 Å². The predicted octanol–water partition coefficient (Wildman–Crippen LogP) is -0.824. The number of aliphatic hydroxyl groups is 1. The van der Waals surface area contributed by atoms with E-state index in [9.17, 15) is 9.59 Å². The zero-order valence-electron chi connectivity index (χ0n) is 7.06. The van der Waals surface area contributed by atoms with Crippen LogP contribution in [0.15, 0.2) is 0 Å². The largest absolute Gasteiger partial charge is 0.465 e. The van der Waals surface area contributed by atoms with Crippen molar-refractivity contribution in [2.24, 2.45) is 5.92 Å². The van der Waals surface area contributed by atoms with E-state index in [4.69, 9.17) is 14.9 Å². The zero-order chi connectivity index (χ0) is 10.0. The molecule has 1 heterocycles. The van der Waals surface area contributed by atoms with E-state index in [-0.39, 0.29) is 12.5 Å². The molecule has 0 unspecified atom stereocenters. The van der Waals surface area contributed by atoms with Crippen molar-refractivity contribution in [2.75, 3.05) is 6.61 Å². The third-order valence-corrected chi connectivity index (χ3v) is 2.09. The van der Waals surface area contributed by atoms with Crippen molar-refractivity contribution in [3.63, 3.8) is 0 Å². The molecule has 0 aromatic carbocycles. The molecule has 0 aromatic heterocycles. The lowest BCUT2D eigenvalue weighted by molar-refractivity contribution is -0.144. The number of amides is 1. The second kappa shape index (κ2) is 3.61. The average molecular weight is 189 g/mol. The smallest absolute Gasteiger partial charge is 0.405 e. The van der Waals surface area contributed by atoms with Crippen LogP contribution in [0.5, 0.6) is 0 Å². The second-order valence-corrected chi connectivity index (χ2v) is 2.94. The summed E-state index contributed by atoms with van der Waals surface area (Å²) in [5.74, 6) is -0.970. The molecule has 1 fully saturated rings. The van der Waals surface area contributed by atoms with Crippen LogP contribution in [0.3, 0.4) is 0 Å². The molecule has 1 saturated heterocycles. The maximum absolute atomic E-state index is 11.0. The highest BCUT2D eigenvalue weighted by molar-refractivity contribution is 5.82. The van der Waals surface area contributed by atoms with Gasteiger partial charge in [0.15, 0.2) is 0 Å². The van der Waals surface area contributed by atoms with Gasteiger partial charge in [0.25, 0.3) is 0 Å². The highest BCUT2D eigenvalue weighted by Gasteiger charge is 2.42. The van der Waals surface area contributed by atoms with Crippen molar-refractivity contribution in [1.29, 1.82) is 0 Å². The van der Waals surface area contributed by atoms with E-state index in [2.05, 4.69) is 0 Å². The van der Waals surface area contributed by atoms with E-state index in [0.29, 0.717) is 0 Å². The standard InChI is InChI=1S/C7H11NO5/c1-3-4(2-9)13-6(10)5(3)8-7(11)12/h3-5,8-9H,2H2,1H3,(H,11,12)/t3-,4-,5-/m0/s1. The molecule has 74 valence electrons. The summed E-state index contributed by atoms with van der Waals surface area (Å²) < 4.78 is 4.72. The summed E-state index contributed by atoms with van der Waals surface area (Å²) in [6, 6.07) is -0.866. The van der Waals surface area contributed by atoms with Crippen LogP contribution in [-0.4, -0.2) is 41.0 Å². The van der Waals surface area contributed by atoms with Crippen molar-refractivity contribution in [3.05, 3.63) is 0 Å². The first-order chi connectivity index (χ1) is 6.06. The number of rotatable bonds is 2. The van der Waals surface area contributed by atoms with Gasteiger partial charge in [-0.05, 0) is 0 Å². The summed E-state index contributed by atoms with van der Waals surface area (Å²) in [5, 5.41) is 19.2. The molecule has 6 heteroatoms. The fourth-order valence-corrected chi connectivity index (χ4v) is 1.29. The number of cyclic esters (lactones) is 1. The minimum atomic E-state index is -1.27. The summed E-state index contributed by atoms with van der Waals surface area (Å²) in [7, 11) is 0. The maximum atomic E-state index is 11.0. The fourth-order valence-electron chi connectivity index (χ4n) is 1.29. The highest BCUT2D eigenvalue weighted by atomic mass is 16.6. The monoisotopic (exact) mass is 189 g/mol. The van der Waals surface area contributed by atoms with Gasteiger partial charge in [-0.15, -0.1) is 0 Å². The third kappa shape index (κ3) is 1.89. The Kier molecular flexibility index (Phi) is 2.72. The van der Waals surface area contributed by atoms with Gasteiger partial charge in [0.05, 0.1) is 6.61 Å². The lowest BCUT2D eigenvalue weighted by Gasteiger charge is -2.13. The van der Waals surface area contributed by atoms with Crippen LogP contribution >= 0.6 is 0 Å². The molecule has 3 N–H and O–H groups in total. The van der Waals surface area contributed by atoms with Gasteiger partial charge < -0.3 is 20.3 Å². The molecule has 3 atom stereocenters. The SMILES string of the molecule is C[C@H]1[C@H](CO)OC(=O)[C@H]1NC(=O)O. The lowest BCUT2D eigenvalue weighted by atomic mass is 10.00. The van der Waals surface area contributed by atoms with Crippen molar-refractivity contribution in [1.82, 2.24) is 5.32 Å². The molecule has 0 aliphatic carbocycles. The van der Waals surface area contributed by atoms with Gasteiger partial charge in [-0.1, -0.05) is 6.92 Å². The summed E-state index contributed by atoms with van der Waals surface area (Å²) in [4.78, 5) is 21.3. The topological polar surface area (TPSA) is 95.9 Å². The van der Waals surface area contributed by atoms with Gasteiger partial charge in [-0.25, -0.2) is 9.59 Å². The highest BCUT2D eigenvalue weighted by Crippen LogP contribution is 2.21. The Morgan fingerprint density at radius 3 is 2.69 bits per heavy atom. The number of aliphatic hydroxyl groups excluding tert-OH is 1. The normalized spacial score (nSPS) is 32.8. The Labute approximate surface area is 74.5 Å². The van der Waals surface area contributed by atoms with E-state index in [1.165, 1.54) is 0 Å². The Morgan fingerprint density at radius 2 is 2.31 bits per heavy atom. The summed E-state index contributed by atoms with van der Waals surface area (Å²) in [6.45, 7) is 1.36. The van der Waals surface area contributed by atoms with Crippen LogP contribution in [0.4, 0.5) is 4.79 Å². The van der Waals surface area contributed by atoms with Crippen LogP contribution < -0.4 is 5.32 Å². The van der Waals surface area contributed by atoms with E-state index in [0.717, 1.165) is 0 Å². The number of hydrogen-bond acceptors (Lipinski definition) is 4. The Hall–Kier alpha value is -1.30. The van der Waals surface area contributed by atoms with Crippen molar-refractivity contribution >= 4 is 12.1 Å². The number of hydrogen-bond donors (Lipinski definition) is 3. The summed E-state index contributed by atoms with van der Waals surface area (Å²) in [5.41, 5.74) is 0. The molecule has 13 heavy (non-hydrogen) atoms. The molecule has 1 amide bonds. The molecule has 0 spiro atoms. The molecule has 6 nitrogen and oxygen atoms in total. The third-order valence-electron chi connectivity index (χ3n) is 2.09. The van der Waals surface area contributed by atoms with Gasteiger partial charge in [-0.3, -0.25) is 0 Å². The fraction of sp³-hybridized carbons (Fsp3) is 0.714.